The minimum Gasteiger partial charge on any atom is -0.492 e. The number of carbonyl (C=O) groups is 2. The zero-order chi connectivity index (χ0) is 19.5. The van der Waals surface area contributed by atoms with Gasteiger partial charge in [-0.05, 0) is 43.1 Å². The Bertz CT molecular complexity index is 697. The molecule has 0 bridgehead atoms. The number of carboxylic acids is 2. The van der Waals surface area contributed by atoms with Crippen LogP contribution in [0.2, 0.25) is 0 Å². The first kappa shape index (κ1) is 20.4. The van der Waals surface area contributed by atoms with E-state index >= 15 is 0 Å². The van der Waals surface area contributed by atoms with Gasteiger partial charge in [0.1, 0.15) is 12.4 Å². The van der Waals surface area contributed by atoms with E-state index < -0.39 is 11.9 Å². The monoisotopic (exact) mass is 372 g/mol. The number of rotatable bonds is 5. The minimum absolute atomic E-state index is 0.492. The van der Waals surface area contributed by atoms with Crippen LogP contribution in [0.25, 0.3) is 0 Å². The van der Waals surface area contributed by atoms with Crippen molar-refractivity contribution in [1.29, 1.82) is 0 Å². The number of para-hydroxylation sites is 1. The van der Waals surface area contributed by atoms with Gasteiger partial charge >= 0.3 is 11.9 Å². The zero-order valence-corrected chi connectivity index (χ0v) is 15.0. The number of ether oxygens (including phenoxy) is 1. The summed E-state index contributed by atoms with van der Waals surface area (Å²) in [5.74, 6) is -2.70. The molecule has 0 amide bonds. The Balaban J connectivity index is 0.000000380. The maximum absolute atomic E-state index is 9.10. The largest absolute Gasteiger partial charge is 0.492 e. The van der Waals surface area contributed by atoms with Gasteiger partial charge in [0.2, 0.25) is 0 Å². The van der Waals surface area contributed by atoms with Crippen molar-refractivity contribution >= 4 is 11.9 Å². The Labute approximate surface area is 158 Å². The van der Waals surface area contributed by atoms with E-state index in [4.69, 9.17) is 24.5 Å². The lowest BCUT2D eigenvalue weighted by molar-refractivity contribution is -0.159. The molecule has 0 spiro atoms. The molecule has 1 unspecified atom stereocenters. The first-order valence-corrected chi connectivity index (χ1v) is 8.86. The maximum atomic E-state index is 9.10. The molecule has 0 radical (unpaired) electrons. The lowest BCUT2D eigenvalue weighted by atomic mass is 9.96. The van der Waals surface area contributed by atoms with E-state index in [2.05, 4.69) is 16.0 Å². The van der Waals surface area contributed by atoms with Crippen molar-refractivity contribution in [1.82, 2.24) is 9.88 Å². The molecule has 1 aliphatic heterocycles. The molecule has 27 heavy (non-hydrogen) atoms. The maximum Gasteiger partial charge on any atom is 0.414 e. The van der Waals surface area contributed by atoms with Crippen LogP contribution in [0.15, 0.2) is 54.9 Å². The highest BCUT2D eigenvalue weighted by molar-refractivity contribution is 6.27. The first-order valence-electron chi connectivity index (χ1n) is 8.86. The van der Waals surface area contributed by atoms with E-state index in [1.807, 2.05) is 48.8 Å². The summed E-state index contributed by atoms with van der Waals surface area (Å²) in [6.07, 6.45) is 7.64. The van der Waals surface area contributed by atoms with Gasteiger partial charge in [-0.3, -0.25) is 9.88 Å². The predicted octanol–water partition coefficient (Wildman–Crippen LogP) is 2.84. The molecular weight excluding hydrogens is 348 g/mol. The standard InChI is InChI=1S/C18H22N2O.C2H2O4/c1-2-8-17(9-3-1)21-14-13-20-12-5-4-10-18(20)16-7-6-11-19-15-16;3-1(4)2(5)6/h1-3,6-9,11,15,18H,4-5,10,12-14H2;(H,3,4)(H,5,6). The summed E-state index contributed by atoms with van der Waals surface area (Å²) in [6.45, 7) is 2.85. The summed E-state index contributed by atoms with van der Waals surface area (Å²) in [6, 6.07) is 14.8. The Morgan fingerprint density at radius 2 is 1.81 bits per heavy atom. The van der Waals surface area contributed by atoms with Crippen LogP contribution in [0.5, 0.6) is 5.75 Å². The number of hydrogen-bond acceptors (Lipinski definition) is 5. The predicted molar refractivity (Wildman–Crippen MR) is 99.6 cm³/mol. The van der Waals surface area contributed by atoms with E-state index in [-0.39, 0.29) is 0 Å². The molecule has 2 N–H and O–H groups in total. The molecule has 2 heterocycles. The molecule has 144 valence electrons. The minimum atomic E-state index is -1.82. The number of carboxylic acid groups (broad SMARTS) is 2. The van der Waals surface area contributed by atoms with Gasteiger partial charge in [0.25, 0.3) is 0 Å². The second-order valence-corrected chi connectivity index (χ2v) is 6.11. The number of benzene rings is 1. The average molecular weight is 372 g/mol. The van der Waals surface area contributed by atoms with Gasteiger partial charge in [0.15, 0.2) is 0 Å². The second kappa shape index (κ2) is 10.9. The summed E-state index contributed by atoms with van der Waals surface area (Å²) >= 11 is 0. The molecule has 1 aromatic heterocycles. The molecule has 1 atom stereocenters. The van der Waals surface area contributed by atoms with Crippen molar-refractivity contribution in [3.8, 4) is 5.75 Å². The first-order chi connectivity index (χ1) is 13.1. The number of hydrogen-bond donors (Lipinski definition) is 2. The van der Waals surface area contributed by atoms with Gasteiger partial charge in [0.05, 0.1) is 0 Å². The SMILES string of the molecule is O=C(O)C(=O)O.c1ccc(OCCN2CCCCC2c2cccnc2)cc1. The Kier molecular flexibility index (Phi) is 8.25. The van der Waals surface area contributed by atoms with Gasteiger partial charge in [-0.15, -0.1) is 0 Å². The topological polar surface area (TPSA) is 100.0 Å². The van der Waals surface area contributed by atoms with Crippen LogP contribution in [0.3, 0.4) is 0 Å². The highest BCUT2D eigenvalue weighted by atomic mass is 16.5. The van der Waals surface area contributed by atoms with Gasteiger partial charge in [-0.2, -0.15) is 0 Å². The average Bonchev–Trinajstić information content (AvgIpc) is 2.70. The number of aliphatic carboxylic acids is 2. The van der Waals surface area contributed by atoms with E-state index in [1.54, 1.807) is 0 Å². The van der Waals surface area contributed by atoms with E-state index in [1.165, 1.54) is 24.8 Å². The van der Waals surface area contributed by atoms with Crippen LogP contribution in [-0.2, 0) is 9.59 Å². The van der Waals surface area contributed by atoms with Gasteiger partial charge < -0.3 is 14.9 Å². The molecule has 7 heteroatoms. The molecule has 7 nitrogen and oxygen atoms in total. The normalized spacial score (nSPS) is 16.7. The Morgan fingerprint density at radius 1 is 1.07 bits per heavy atom. The van der Waals surface area contributed by atoms with Crippen LogP contribution in [-0.4, -0.2) is 51.7 Å². The van der Waals surface area contributed by atoms with Gasteiger partial charge in [-0.1, -0.05) is 30.7 Å². The van der Waals surface area contributed by atoms with Crippen LogP contribution in [0, 0.1) is 0 Å². The number of pyridine rings is 1. The number of likely N-dealkylation sites (tertiary alicyclic amines) is 1. The van der Waals surface area contributed by atoms with Crippen LogP contribution in [0.1, 0.15) is 30.9 Å². The highest BCUT2D eigenvalue weighted by Crippen LogP contribution is 2.29. The van der Waals surface area contributed by atoms with Crippen molar-refractivity contribution < 1.29 is 24.5 Å². The van der Waals surface area contributed by atoms with Crippen LogP contribution in [0.4, 0.5) is 0 Å². The summed E-state index contributed by atoms with van der Waals surface area (Å²) in [4.78, 5) is 25.0. The van der Waals surface area contributed by atoms with E-state index in [0.29, 0.717) is 6.04 Å². The van der Waals surface area contributed by atoms with Crippen molar-refractivity contribution in [2.45, 2.75) is 25.3 Å². The van der Waals surface area contributed by atoms with E-state index in [9.17, 15) is 0 Å². The third kappa shape index (κ3) is 7.07. The van der Waals surface area contributed by atoms with Gasteiger partial charge in [0, 0.05) is 25.0 Å². The third-order valence-electron chi connectivity index (χ3n) is 4.26. The molecule has 1 aromatic carbocycles. The molecule has 1 aliphatic rings. The molecule has 3 rings (SSSR count). The Hall–Kier alpha value is -2.93. The van der Waals surface area contributed by atoms with Crippen molar-refractivity contribution in [2.75, 3.05) is 19.7 Å². The van der Waals surface area contributed by atoms with Gasteiger partial charge in [-0.25, -0.2) is 9.59 Å². The van der Waals surface area contributed by atoms with E-state index in [0.717, 1.165) is 25.4 Å². The highest BCUT2D eigenvalue weighted by Gasteiger charge is 2.23. The lowest BCUT2D eigenvalue weighted by Crippen LogP contribution is -2.36. The smallest absolute Gasteiger partial charge is 0.414 e. The summed E-state index contributed by atoms with van der Waals surface area (Å²) in [5, 5.41) is 14.8. The Morgan fingerprint density at radius 3 is 2.44 bits per heavy atom. The summed E-state index contributed by atoms with van der Waals surface area (Å²) in [5.41, 5.74) is 1.33. The fraction of sp³-hybridized carbons (Fsp3) is 0.350. The fourth-order valence-electron chi connectivity index (χ4n) is 3.01. The lowest BCUT2D eigenvalue weighted by Gasteiger charge is -2.35. The zero-order valence-electron chi connectivity index (χ0n) is 15.0. The van der Waals surface area contributed by atoms with Crippen LogP contribution < -0.4 is 4.74 Å². The van der Waals surface area contributed by atoms with Crippen molar-refractivity contribution in [3.63, 3.8) is 0 Å². The van der Waals surface area contributed by atoms with Crippen molar-refractivity contribution in [2.24, 2.45) is 0 Å². The quantitative estimate of drug-likeness (QED) is 0.779. The molecule has 0 aliphatic carbocycles. The second-order valence-electron chi connectivity index (χ2n) is 6.11. The number of aromatic nitrogens is 1. The molecule has 1 fully saturated rings. The molecular formula is C20H24N2O5. The van der Waals surface area contributed by atoms with Crippen LogP contribution >= 0.6 is 0 Å². The van der Waals surface area contributed by atoms with Crippen molar-refractivity contribution in [3.05, 3.63) is 60.4 Å². The number of nitrogens with zero attached hydrogens (tertiary/aromatic N) is 2. The fourth-order valence-corrected chi connectivity index (χ4v) is 3.01. The third-order valence-corrected chi connectivity index (χ3v) is 4.26. The molecule has 1 saturated heterocycles. The molecule has 0 saturated carbocycles. The summed E-state index contributed by atoms with van der Waals surface area (Å²) < 4.78 is 5.84. The summed E-state index contributed by atoms with van der Waals surface area (Å²) in [7, 11) is 0. The molecule has 2 aromatic rings. The number of piperidine rings is 1.